The molecular weight excluding hydrogens is 324 g/mol. The second-order valence-electron chi connectivity index (χ2n) is 7.01. The van der Waals surface area contributed by atoms with Crippen LogP contribution < -0.4 is 5.32 Å². The normalized spacial score (nSPS) is 19.8. The summed E-state index contributed by atoms with van der Waals surface area (Å²) in [6, 6.07) is 9.07. The summed E-state index contributed by atoms with van der Waals surface area (Å²) in [5.41, 5.74) is 1.89. The number of nitrogens with one attached hydrogen (secondary N) is 1. The highest BCUT2D eigenvalue weighted by Gasteiger charge is 2.29. The molecular formula is C18H29BrN2. The van der Waals surface area contributed by atoms with Crippen LogP contribution in [0.3, 0.4) is 0 Å². The third-order valence-corrected chi connectivity index (χ3v) is 5.13. The molecule has 118 valence electrons. The molecule has 1 fully saturated rings. The van der Waals surface area contributed by atoms with Crippen molar-refractivity contribution in [3.63, 3.8) is 0 Å². The number of benzene rings is 1. The molecule has 1 aromatic rings. The molecule has 1 unspecified atom stereocenters. The molecule has 1 atom stereocenters. The zero-order chi connectivity index (χ0) is 15.3. The molecule has 2 nitrogen and oxygen atoms in total. The Morgan fingerprint density at radius 2 is 2.10 bits per heavy atom. The van der Waals surface area contributed by atoms with Crippen LogP contribution in [0.1, 0.15) is 51.6 Å². The molecule has 2 rings (SSSR count). The van der Waals surface area contributed by atoms with Gasteiger partial charge in [0.05, 0.1) is 0 Å². The van der Waals surface area contributed by atoms with Gasteiger partial charge in [-0.25, -0.2) is 0 Å². The molecule has 1 aromatic carbocycles. The van der Waals surface area contributed by atoms with E-state index in [4.69, 9.17) is 0 Å². The van der Waals surface area contributed by atoms with E-state index >= 15 is 0 Å². The SMILES string of the molecule is CCCNC(CCN1CCC(C)(C)C1)c1ccccc1Br. The maximum atomic E-state index is 3.71. The Bertz CT molecular complexity index is 445. The van der Waals surface area contributed by atoms with Crippen LogP contribution in [0.15, 0.2) is 28.7 Å². The second kappa shape index (κ2) is 7.75. The van der Waals surface area contributed by atoms with Crippen LogP contribution in [0, 0.1) is 5.41 Å². The number of rotatable bonds is 7. The number of halogens is 1. The zero-order valence-corrected chi connectivity index (χ0v) is 15.2. The monoisotopic (exact) mass is 352 g/mol. The van der Waals surface area contributed by atoms with Crippen molar-refractivity contribution in [1.29, 1.82) is 0 Å². The first-order chi connectivity index (χ1) is 10.0. The Kier molecular flexibility index (Phi) is 6.27. The summed E-state index contributed by atoms with van der Waals surface area (Å²) in [4.78, 5) is 2.62. The van der Waals surface area contributed by atoms with Gasteiger partial charge in [0, 0.05) is 17.1 Å². The quantitative estimate of drug-likeness (QED) is 0.770. The van der Waals surface area contributed by atoms with Crippen molar-refractivity contribution in [2.24, 2.45) is 5.41 Å². The lowest BCUT2D eigenvalue weighted by molar-refractivity contribution is 0.274. The lowest BCUT2D eigenvalue weighted by Gasteiger charge is -2.24. The van der Waals surface area contributed by atoms with Gasteiger partial charge in [0.1, 0.15) is 0 Å². The van der Waals surface area contributed by atoms with Gasteiger partial charge in [-0.1, -0.05) is 54.9 Å². The fourth-order valence-electron chi connectivity index (χ4n) is 3.17. The minimum Gasteiger partial charge on any atom is -0.310 e. The third kappa shape index (κ3) is 5.08. The van der Waals surface area contributed by atoms with E-state index in [1.54, 1.807) is 0 Å². The van der Waals surface area contributed by atoms with E-state index < -0.39 is 0 Å². The molecule has 1 heterocycles. The van der Waals surface area contributed by atoms with E-state index in [9.17, 15) is 0 Å². The van der Waals surface area contributed by atoms with Gasteiger partial charge in [0.2, 0.25) is 0 Å². The van der Waals surface area contributed by atoms with Crippen LogP contribution in [0.25, 0.3) is 0 Å². The molecule has 3 heteroatoms. The molecule has 1 aliphatic rings. The molecule has 0 spiro atoms. The minimum absolute atomic E-state index is 0.448. The summed E-state index contributed by atoms with van der Waals surface area (Å²) in [6.07, 6.45) is 3.69. The van der Waals surface area contributed by atoms with Crippen LogP contribution >= 0.6 is 15.9 Å². The molecule has 21 heavy (non-hydrogen) atoms. The van der Waals surface area contributed by atoms with Gasteiger partial charge < -0.3 is 10.2 Å². The minimum atomic E-state index is 0.448. The Morgan fingerprint density at radius 3 is 2.71 bits per heavy atom. The molecule has 0 aromatic heterocycles. The highest BCUT2D eigenvalue weighted by molar-refractivity contribution is 9.10. The third-order valence-electron chi connectivity index (χ3n) is 4.41. The number of nitrogens with zero attached hydrogens (tertiary/aromatic N) is 1. The van der Waals surface area contributed by atoms with Crippen molar-refractivity contribution < 1.29 is 0 Å². The maximum Gasteiger partial charge on any atom is 0.0343 e. The van der Waals surface area contributed by atoms with Gasteiger partial charge in [-0.3, -0.25) is 0 Å². The summed E-state index contributed by atoms with van der Waals surface area (Å²) in [7, 11) is 0. The lowest BCUT2D eigenvalue weighted by atomic mass is 9.93. The standard InChI is InChI=1S/C18H29BrN2/c1-4-11-20-17(15-7-5-6-8-16(15)19)9-12-21-13-10-18(2,3)14-21/h5-8,17,20H,4,9-14H2,1-3H3. The first-order valence-corrected chi connectivity index (χ1v) is 9.01. The van der Waals surface area contributed by atoms with Crippen molar-refractivity contribution in [2.75, 3.05) is 26.2 Å². The van der Waals surface area contributed by atoms with Gasteiger partial charge in [0.15, 0.2) is 0 Å². The van der Waals surface area contributed by atoms with E-state index in [0.29, 0.717) is 11.5 Å². The number of likely N-dealkylation sites (tertiary alicyclic amines) is 1. The van der Waals surface area contributed by atoms with Gasteiger partial charge in [-0.05, 0) is 55.9 Å². The van der Waals surface area contributed by atoms with Crippen molar-refractivity contribution in [3.05, 3.63) is 34.3 Å². The summed E-state index contributed by atoms with van der Waals surface area (Å²) < 4.78 is 1.22. The average molecular weight is 353 g/mol. The Morgan fingerprint density at radius 1 is 1.33 bits per heavy atom. The molecule has 0 bridgehead atoms. The van der Waals surface area contributed by atoms with E-state index in [-0.39, 0.29) is 0 Å². The molecule has 1 saturated heterocycles. The van der Waals surface area contributed by atoms with Crippen LogP contribution in [0.2, 0.25) is 0 Å². The molecule has 1 N–H and O–H groups in total. The Hall–Kier alpha value is -0.380. The first kappa shape index (κ1) is 17.0. The van der Waals surface area contributed by atoms with Crippen molar-refractivity contribution in [1.82, 2.24) is 10.2 Å². The van der Waals surface area contributed by atoms with E-state index in [0.717, 1.165) is 6.54 Å². The highest BCUT2D eigenvalue weighted by Crippen LogP contribution is 2.30. The van der Waals surface area contributed by atoms with Crippen molar-refractivity contribution >= 4 is 15.9 Å². The fraction of sp³-hybridized carbons (Fsp3) is 0.667. The summed E-state index contributed by atoms with van der Waals surface area (Å²) in [6.45, 7) is 11.8. The molecule has 0 radical (unpaired) electrons. The Balaban J connectivity index is 1.96. The number of hydrogen-bond donors (Lipinski definition) is 1. The van der Waals surface area contributed by atoms with Gasteiger partial charge in [0.25, 0.3) is 0 Å². The predicted molar refractivity (Wildman–Crippen MR) is 94.6 cm³/mol. The Labute approximate surface area is 138 Å². The summed E-state index contributed by atoms with van der Waals surface area (Å²) >= 11 is 3.71. The van der Waals surface area contributed by atoms with E-state index in [1.807, 2.05) is 0 Å². The van der Waals surface area contributed by atoms with E-state index in [1.165, 1.54) is 48.9 Å². The van der Waals surface area contributed by atoms with Gasteiger partial charge in [-0.15, -0.1) is 0 Å². The smallest absolute Gasteiger partial charge is 0.0343 e. The highest BCUT2D eigenvalue weighted by atomic mass is 79.9. The van der Waals surface area contributed by atoms with Gasteiger partial charge >= 0.3 is 0 Å². The molecule has 1 aliphatic heterocycles. The fourth-order valence-corrected chi connectivity index (χ4v) is 3.73. The summed E-state index contributed by atoms with van der Waals surface area (Å²) in [5.74, 6) is 0. The van der Waals surface area contributed by atoms with E-state index in [2.05, 4.69) is 71.2 Å². The van der Waals surface area contributed by atoms with Crippen molar-refractivity contribution in [3.8, 4) is 0 Å². The first-order valence-electron chi connectivity index (χ1n) is 8.22. The largest absolute Gasteiger partial charge is 0.310 e. The molecule has 0 aliphatic carbocycles. The van der Waals surface area contributed by atoms with Crippen molar-refractivity contribution in [2.45, 2.75) is 46.1 Å². The zero-order valence-electron chi connectivity index (χ0n) is 13.7. The lowest BCUT2D eigenvalue weighted by Crippen LogP contribution is -2.30. The summed E-state index contributed by atoms with van der Waals surface area (Å²) in [5, 5.41) is 3.71. The second-order valence-corrected chi connectivity index (χ2v) is 7.86. The predicted octanol–water partition coefficient (Wildman–Crippen LogP) is 4.61. The van der Waals surface area contributed by atoms with Gasteiger partial charge in [-0.2, -0.15) is 0 Å². The molecule has 0 amide bonds. The topological polar surface area (TPSA) is 15.3 Å². The molecule has 0 saturated carbocycles. The van der Waals surface area contributed by atoms with Crippen LogP contribution in [-0.2, 0) is 0 Å². The van der Waals surface area contributed by atoms with Crippen LogP contribution in [0.5, 0.6) is 0 Å². The van der Waals surface area contributed by atoms with Crippen LogP contribution in [-0.4, -0.2) is 31.1 Å². The average Bonchev–Trinajstić information content (AvgIpc) is 2.80. The maximum absolute atomic E-state index is 3.71. The number of hydrogen-bond acceptors (Lipinski definition) is 2. The van der Waals surface area contributed by atoms with Crippen LogP contribution in [0.4, 0.5) is 0 Å².